The number of aryl methyl sites for hydroxylation is 1. The Bertz CT molecular complexity index is 680. The van der Waals surface area contributed by atoms with E-state index in [9.17, 15) is 4.79 Å². The van der Waals surface area contributed by atoms with E-state index in [0.29, 0.717) is 31.7 Å². The maximum Gasteiger partial charge on any atom is 0.225 e. The first-order valence-electron chi connectivity index (χ1n) is 10.3. The number of aliphatic imine (C=N–C) groups is 1. The molecule has 1 aromatic carbocycles. The first-order chi connectivity index (χ1) is 13.3. The zero-order valence-corrected chi connectivity index (χ0v) is 20.8. The monoisotopic (exact) mass is 516 g/mol. The predicted octanol–water partition coefficient (Wildman–Crippen LogP) is 3.76. The number of nitrogens with zero attached hydrogens (tertiary/aromatic N) is 1. The average molecular weight is 516 g/mol. The van der Waals surface area contributed by atoms with Gasteiger partial charge in [0.05, 0.1) is 6.10 Å². The van der Waals surface area contributed by atoms with Gasteiger partial charge in [-0.25, -0.2) is 0 Å². The Balaban J connectivity index is 0.00000420. The number of hydrogen-bond acceptors (Lipinski definition) is 3. The van der Waals surface area contributed by atoms with Gasteiger partial charge in [0.2, 0.25) is 5.91 Å². The van der Waals surface area contributed by atoms with Crippen molar-refractivity contribution in [2.75, 3.05) is 20.1 Å². The second-order valence-electron chi connectivity index (χ2n) is 8.49. The fourth-order valence-corrected chi connectivity index (χ4v) is 3.12. The molecule has 7 heteroatoms. The third-order valence-corrected chi connectivity index (χ3v) is 4.87. The third-order valence-electron chi connectivity index (χ3n) is 4.87. The molecule has 1 fully saturated rings. The van der Waals surface area contributed by atoms with Gasteiger partial charge in [0.1, 0.15) is 5.75 Å². The first-order valence-corrected chi connectivity index (χ1v) is 10.3. The maximum atomic E-state index is 11.9. The number of carbonyl (C=O) groups is 1. The quantitative estimate of drug-likeness (QED) is 0.223. The molecule has 1 amide bonds. The molecule has 0 atom stereocenters. The minimum Gasteiger partial charge on any atom is -0.490 e. The number of hydrogen-bond donors (Lipinski definition) is 3. The Morgan fingerprint density at radius 1 is 1.14 bits per heavy atom. The normalized spacial score (nSPS) is 14.9. The fraction of sp³-hybridized carbons (Fsp3) is 0.636. The second kappa shape index (κ2) is 12.2. The van der Waals surface area contributed by atoms with Crippen molar-refractivity contribution in [1.29, 1.82) is 0 Å². The summed E-state index contributed by atoms with van der Waals surface area (Å²) in [6.45, 7) is 9.61. The molecular weight excluding hydrogens is 479 g/mol. The molecule has 0 spiro atoms. The third kappa shape index (κ3) is 8.80. The highest BCUT2D eigenvalue weighted by molar-refractivity contribution is 14.0. The largest absolute Gasteiger partial charge is 0.490 e. The average Bonchev–Trinajstić information content (AvgIpc) is 3.14. The summed E-state index contributed by atoms with van der Waals surface area (Å²) >= 11 is 0. The Hall–Kier alpha value is -1.51. The highest BCUT2D eigenvalue weighted by Crippen LogP contribution is 2.27. The molecule has 0 saturated heterocycles. The van der Waals surface area contributed by atoms with Crippen molar-refractivity contribution >= 4 is 35.8 Å². The van der Waals surface area contributed by atoms with Crippen molar-refractivity contribution in [3.05, 3.63) is 29.3 Å². The van der Waals surface area contributed by atoms with E-state index < -0.39 is 0 Å². The van der Waals surface area contributed by atoms with Gasteiger partial charge in [-0.15, -0.1) is 24.0 Å². The summed E-state index contributed by atoms with van der Waals surface area (Å²) in [4.78, 5) is 16.2. The Kier molecular flexibility index (Phi) is 10.8. The van der Waals surface area contributed by atoms with Crippen molar-refractivity contribution in [3.8, 4) is 5.75 Å². The van der Waals surface area contributed by atoms with E-state index in [1.54, 1.807) is 7.05 Å². The zero-order valence-electron chi connectivity index (χ0n) is 18.4. The predicted molar refractivity (Wildman–Crippen MR) is 130 cm³/mol. The van der Waals surface area contributed by atoms with E-state index in [2.05, 4.69) is 46.1 Å². The highest BCUT2D eigenvalue weighted by Gasteiger charge is 2.20. The van der Waals surface area contributed by atoms with E-state index in [4.69, 9.17) is 4.74 Å². The molecule has 0 radical (unpaired) electrons. The van der Waals surface area contributed by atoms with Crippen molar-refractivity contribution in [1.82, 2.24) is 16.0 Å². The topological polar surface area (TPSA) is 74.8 Å². The summed E-state index contributed by atoms with van der Waals surface area (Å²) < 4.78 is 6.26. The smallest absolute Gasteiger partial charge is 0.225 e. The standard InChI is InChI=1S/C22H36N4O2.HI/c1-16-10-11-17(19(14-16)28-18-8-6-7-9-18)15-26-21(23-5)25-13-12-24-20(27)22(2,3)4;/h10-11,14,18H,6-9,12-13,15H2,1-5H3,(H,24,27)(H2,23,25,26);1H. The van der Waals surface area contributed by atoms with E-state index in [0.717, 1.165) is 24.2 Å². The minimum absolute atomic E-state index is 0. The van der Waals surface area contributed by atoms with Gasteiger partial charge in [-0.3, -0.25) is 9.79 Å². The Morgan fingerprint density at radius 2 is 1.79 bits per heavy atom. The lowest BCUT2D eigenvalue weighted by Gasteiger charge is -2.19. The second-order valence-corrected chi connectivity index (χ2v) is 8.49. The summed E-state index contributed by atoms with van der Waals surface area (Å²) in [5.74, 6) is 1.72. The van der Waals surface area contributed by atoms with Crippen LogP contribution in [0.4, 0.5) is 0 Å². The molecule has 6 nitrogen and oxygen atoms in total. The Labute approximate surface area is 192 Å². The molecule has 0 bridgehead atoms. The summed E-state index contributed by atoms with van der Waals surface area (Å²) in [7, 11) is 1.74. The van der Waals surface area contributed by atoms with Gasteiger partial charge < -0.3 is 20.7 Å². The van der Waals surface area contributed by atoms with Crippen LogP contribution in [0.15, 0.2) is 23.2 Å². The van der Waals surface area contributed by atoms with Gasteiger partial charge in [0.15, 0.2) is 5.96 Å². The lowest BCUT2D eigenvalue weighted by molar-refractivity contribution is -0.128. The zero-order chi connectivity index (χ0) is 20.6. The molecule has 1 saturated carbocycles. The molecule has 164 valence electrons. The van der Waals surface area contributed by atoms with E-state index in [1.165, 1.54) is 18.4 Å². The van der Waals surface area contributed by atoms with Crippen LogP contribution in [0.1, 0.15) is 57.6 Å². The van der Waals surface area contributed by atoms with Crippen LogP contribution in [0.5, 0.6) is 5.75 Å². The molecule has 1 aliphatic rings. The molecule has 1 aliphatic carbocycles. The van der Waals surface area contributed by atoms with E-state index in [-0.39, 0.29) is 35.3 Å². The van der Waals surface area contributed by atoms with Crippen LogP contribution in [0.25, 0.3) is 0 Å². The van der Waals surface area contributed by atoms with Gasteiger partial charge in [-0.2, -0.15) is 0 Å². The van der Waals surface area contributed by atoms with Crippen molar-refractivity contribution in [2.24, 2.45) is 10.4 Å². The first kappa shape index (κ1) is 25.5. The number of rotatable bonds is 7. The number of halogens is 1. The number of benzene rings is 1. The van der Waals surface area contributed by atoms with Gasteiger partial charge in [0, 0.05) is 37.7 Å². The number of guanidine groups is 1. The van der Waals surface area contributed by atoms with Gasteiger partial charge in [0.25, 0.3) is 0 Å². The summed E-state index contributed by atoms with van der Waals surface area (Å²) in [6, 6.07) is 6.34. The van der Waals surface area contributed by atoms with E-state index in [1.807, 2.05) is 20.8 Å². The number of amides is 1. The minimum atomic E-state index is -0.374. The van der Waals surface area contributed by atoms with Crippen LogP contribution in [0.3, 0.4) is 0 Å². The van der Waals surface area contributed by atoms with Crippen LogP contribution >= 0.6 is 24.0 Å². The fourth-order valence-electron chi connectivity index (χ4n) is 3.12. The van der Waals surface area contributed by atoms with Crippen molar-refractivity contribution in [3.63, 3.8) is 0 Å². The van der Waals surface area contributed by atoms with Gasteiger partial charge in [-0.05, 0) is 44.2 Å². The maximum absolute atomic E-state index is 11.9. The van der Waals surface area contributed by atoms with Crippen LogP contribution in [0, 0.1) is 12.3 Å². The van der Waals surface area contributed by atoms with E-state index >= 15 is 0 Å². The highest BCUT2D eigenvalue weighted by atomic mass is 127. The molecule has 1 aromatic rings. The molecule has 0 unspecified atom stereocenters. The van der Waals surface area contributed by atoms with Crippen LogP contribution in [-0.4, -0.2) is 38.1 Å². The molecular formula is C22H37IN4O2. The molecule has 0 aliphatic heterocycles. The van der Waals surface area contributed by atoms with Gasteiger partial charge in [-0.1, -0.05) is 32.9 Å². The number of carbonyl (C=O) groups excluding carboxylic acids is 1. The van der Waals surface area contributed by atoms with Gasteiger partial charge >= 0.3 is 0 Å². The molecule has 0 heterocycles. The molecule has 29 heavy (non-hydrogen) atoms. The van der Waals surface area contributed by atoms with Crippen LogP contribution in [0.2, 0.25) is 0 Å². The summed E-state index contributed by atoms with van der Waals surface area (Å²) in [5, 5.41) is 9.50. The lowest BCUT2D eigenvalue weighted by Crippen LogP contribution is -2.43. The lowest BCUT2D eigenvalue weighted by atomic mass is 9.96. The van der Waals surface area contributed by atoms with Crippen molar-refractivity contribution in [2.45, 2.75) is 66.0 Å². The number of nitrogens with one attached hydrogen (secondary N) is 3. The van der Waals surface area contributed by atoms with Crippen molar-refractivity contribution < 1.29 is 9.53 Å². The summed E-state index contributed by atoms with van der Waals surface area (Å²) in [5.41, 5.74) is 1.96. The number of ether oxygens (including phenoxy) is 1. The SMILES string of the molecule is CN=C(NCCNC(=O)C(C)(C)C)NCc1ccc(C)cc1OC1CCCC1.I. The summed E-state index contributed by atoms with van der Waals surface area (Å²) in [6.07, 6.45) is 5.14. The molecule has 2 rings (SSSR count). The van der Waals surface area contributed by atoms with Crippen LogP contribution in [-0.2, 0) is 11.3 Å². The molecule has 0 aromatic heterocycles. The Morgan fingerprint density at radius 3 is 2.41 bits per heavy atom. The van der Waals surface area contributed by atoms with Crippen LogP contribution < -0.4 is 20.7 Å². The molecule has 3 N–H and O–H groups in total.